The Balaban J connectivity index is 1.82. The topological polar surface area (TPSA) is 37.8 Å². The lowest BCUT2D eigenvalue weighted by Crippen LogP contribution is -1.96. The molecule has 6 heteroatoms. The Kier molecular flexibility index (Phi) is 4.11. The van der Waals surface area contributed by atoms with Crippen molar-refractivity contribution in [1.82, 2.24) is 9.97 Å². The number of aryl methyl sites for hydroxylation is 1. The standard InChI is InChI=1S/C19H13ClFN3S/c1-11-2-4-12(5-3-11)14-9-25-19-17(14)18(22-10-23-19)24-13-6-7-16(21)15(20)8-13/h2-10H,1H3,(H,22,23,24). The average Bonchev–Trinajstić information content (AvgIpc) is 3.04. The molecular formula is C19H13ClFN3S. The molecule has 25 heavy (non-hydrogen) atoms. The molecule has 0 saturated heterocycles. The monoisotopic (exact) mass is 369 g/mol. The zero-order valence-electron chi connectivity index (χ0n) is 13.3. The van der Waals surface area contributed by atoms with Gasteiger partial charge < -0.3 is 5.32 Å². The van der Waals surface area contributed by atoms with E-state index in [2.05, 4.69) is 51.9 Å². The van der Waals surface area contributed by atoms with E-state index < -0.39 is 5.82 Å². The van der Waals surface area contributed by atoms with E-state index in [1.165, 1.54) is 18.0 Å². The normalized spacial score (nSPS) is 11.0. The second-order valence-electron chi connectivity index (χ2n) is 5.67. The zero-order chi connectivity index (χ0) is 17.4. The summed E-state index contributed by atoms with van der Waals surface area (Å²) in [6.07, 6.45) is 1.52. The van der Waals surface area contributed by atoms with Crippen LogP contribution in [-0.2, 0) is 0 Å². The summed E-state index contributed by atoms with van der Waals surface area (Å²) < 4.78 is 13.4. The van der Waals surface area contributed by atoms with Crippen molar-refractivity contribution in [2.24, 2.45) is 0 Å². The first-order valence-corrected chi connectivity index (χ1v) is 8.89. The van der Waals surface area contributed by atoms with Crippen molar-refractivity contribution in [3.05, 3.63) is 70.6 Å². The SMILES string of the molecule is Cc1ccc(-c2csc3ncnc(Nc4ccc(F)c(Cl)c4)c23)cc1. The van der Waals surface area contributed by atoms with E-state index in [-0.39, 0.29) is 5.02 Å². The first-order valence-electron chi connectivity index (χ1n) is 7.63. The molecule has 0 bridgehead atoms. The third-order valence-electron chi connectivity index (χ3n) is 3.92. The molecule has 0 saturated carbocycles. The minimum Gasteiger partial charge on any atom is -0.340 e. The van der Waals surface area contributed by atoms with Crippen molar-refractivity contribution < 1.29 is 4.39 Å². The van der Waals surface area contributed by atoms with E-state index in [0.29, 0.717) is 11.5 Å². The number of hydrogen-bond donors (Lipinski definition) is 1. The number of halogens is 2. The smallest absolute Gasteiger partial charge is 0.143 e. The second-order valence-corrected chi connectivity index (χ2v) is 6.94. The van der Waals surface area contributed by atoms with Gasteiger partial charge in [-0.3, -0.25) is 0 Å². The molecule has 0 fully saturated rings. The highest BCUT2D eigenvalue weighted by Gasteiger charge is 2.13. The largest absolute Gasteiger partial charge is 0.340 e. The second kappa shape index (κ2) is 6.43. The number of nitrogens with one attached hydrogen (secondary N) is 1. The van der Waals surface area contributed by atoms with Crippen molar-refractivity contribution in [3.63, 3.8) is 0 Å². The quantitative estimate of drug-likeness (QED) is 0.467. The fraction of sp³-hybridized carbons (Fsp3) is 0.0526. The van der Waals surface area contributed by atoms with Gasteiger partial charge in [0.05, 0.1) is 10.4 Å². The van der Waals surface area contributed by atoms with Gasteiger partial charge in [0.1, 0.15) is 22.8 Å². The number of anilines is 2. The summed E-state index contributed by atoms with van der Waals surface area (Å²) in [6.45, 7) is 2.06. The van der Waals surface area contributed by atoms with Crippen LogP contribution in [0.3, 0.4) is 0 Å². The van der Waals surface area contributed by atoms with Gasteiger partial charge in [0.2, 0.25) is 0 Å². The highest BCUT2D eigenvalue weighted by atomic mass is 35.5. The van der Waals surface area contributed by atoms with Gasteiger partial charge in [0.25, 0.3) is 0 Å². The van der Waals surface area contributed by atoms with Crippen LogP contribution in [0.15, 0.2) is 54.2 Å². The van der Waals surface area contributed by atoms with Gasteiger partial charge in [-0.2, -0.15) is 0 Å². The van der Waals surface area contributed by atoms with Crippen LogP contribution in [-0.4, -0.2) is 9.97 Å². The fourth-order valence-corrected chi connectivity index (χ4v) is 3.72. The summed E-state index contributed by atoms with van der Waals surface area (Å²) in [5, 5.41) is 6.31. The maximum Gasteiger partial charge on any atom is 0.143 e. The number of thiophene rings is 1. The third-order valence-corrected chi connectivity index (χ3v) is 5.09. The number of hydrogen-bond acceptors (Lipinski definition) is 4. The van der Waals surface area contributed by atoms with Crippen LogP contribution in [0.25, 0.3) is 21.3 Å². The highest BCUT2D eigenvalue weighted by molar-refractivity contribution is 7.17. The Labute approximate surface area is 153 Å². The number of aromatic nitrogens is 2. The fourth-order valence-electron chi connectivity index (χ4n) is 2.63. The molecule has 2 aromatic heterocycles. The molecule has 3 nitrogen and oxygen atoms in total. The van der Waals surface area contributed by atoms with Crippen LogP contribution in [0.5, 0.6) is 0 Å². The molecular weight excluding hydrogens is 357 g/mol. The van der Waals surface area contributed by atoms with Crippen molar-refractivity contribution in [2.75, 3.05) is 5.32 Å². The Morgan fingerprint density at radius 2 is 1.88 bits per heavy atom. The lowest BCUT2D eigenvalue weighted by Gasteiger charge is -2.09. The molecule has 2 heterocycles. The molecule has 2 aromatic carbocycles. The van der Waals surface area contributed by atoms with Crippen molar-refractivity contribution >= 4 is 44.7 Å². The minimum absolute atomic E-state index is 0.0689. The summed E-state index contributed by atoms with van der Waals surface area (Å²) in [5.41, 5.74) is 4.05. The molecule has 0 atom stereocenters. The van der Waals surface area contributed by atoms with E-state index in [1.807, 2.05) is 0 Å². The van der Waals surface area contributed by atoms with Crippen molar-refractivity contribution in [1.29, 1.82) is 0 Å². The first kappa shape index (κ1) is 16.0. The summed E-state index contributed by atoms with van der Waals surface area (Å²) >= 11 is 7.44. The zero-order valence-corrected chi connectivity index (χ0v) is 14.8. The summed E-state index contributed by atoms with van der Waals surface area (Å²) in [6, 6.07) is 12.8. The summed E-state index contributed by atoms with van der Waals surface area (Å²) in [4.78, 5) is 9.63. The number of nitrogens with zero attached hydrogens (tertiary/aromatic N) is 2. The van der Waals surface area contributed by atoms with E-state index >= 15 is 0 Å². The molecule has 1 N–H and O–H groups in total. The van der Waals surface area contributed by atoms with Crippen LogP contribution in [0.4, 0.5) is 15.9 Å². The van der Waals surface area contributed by atoms with E-state index in [9.17, 15) is 4.39 Å². The minimum atomic E-state index is -0.448. The van der Waals surface area contributed by atoms with Gasteiger partial charge in [0, 0.05) is 16.6 Å². The number of rotatable bonds is 3. The van der Waals surface area contributed by atoms with Gasteiger partial charge in [-0.25, -0.2) is 14.4 Å². The van der Waals surface area contributed by atoms with Crippen molar-refractivity contribution in [2.45, 2.75) is 6.92 Å². The maximum atomic E-state index is 13.4. The van der Waals surface area contributed by atoms with Gasteiger partial charge in [-0.1, -0.05) is 41.4 Å². The molecule has 0 aliphatic heterocycles. The summed E-state index contributed by atoms with van der Waals surface area (Å²) in [5.74, 6) is 0.223. The Morgan fingerprint density at radius 1 is 1.08 bits per heavy atom. The average molecular weight is 370 g/mol. The molecule has 0 radical (unpaired) electrons. The predicted molar refractivity (Wildman–Crippen MR) is 102 cm³/mol. The molecule has 0 spiro atoms. The third kappa shape index (κ3) is 3.08. The van der Waals surface area contributed by atoms with Crippen LogP contribution in [0.2, 0.25) is 5.02 Å². The predicted octanol–water partition coefficient (Wildman–Crippen LogP) is 6.20. The van der Waals surface area contributed by atoms with Crippen LogP contribution in [0, 0.1) is 12.7 Å². The Hall–Kier alpha value is -2.50. The van der Waals surface area contributed by atoms with E-state index in [1.54, 1.807) is 23.5 Å². The molecule has 0 aliphatic rings. The number of benzene rings is 2. The van der Waals surface area contributed by atoms with Crippen LogP contribution < -0.4 is 5.32 Å². The molecule has 0 amide bonds. The van der Waals surface area contributed by atoms with E-state index in [4.69, 9.17) is 11.6 Å². The molecule has 0 unspecified atom stereocenters. The number of fused-ring (bicyclic) bond motifs is 1. The first-order chi connectivity index (χ1) is 12.1. The Morgan fingerprint density at radius 3 is 2.64 bits per heavy atom. The summed E-state index contributed by atoms with van der Waals surface area (Å²) in [7, 11) is 0. The molecule has 4 aromatic rings. The van der Waals surface area contributed by atoms with Gasteiger partial charge in [-0.15, -0.1) is 11.3 Å². The van der Waals surface area contributed by atoms with Gasteiger partial charge in [-0.05, 0) is 30.7 Å². The lowest BCUT2D eigenvalue weighted by molar-refractivity contribution is 0.628. The van der Waals surface area contributed by atoms with Crippen molar-refractivity contribution in [3.8, 4) is 11.1 Å². The van der Waals surface area contributed by atoms with Gasteiger partial charge in [0.15, 0.2) is 0 Å². The molecule has 4 rings (SSSR count). The maximum absolute atomic E-state index is 13.4. The molecule has 0 aliphatic carbocycles. The van der Waals surface area contributed by atoms with Crippen LogP contribution >= 0.6 is 22.9 Å². The van der Waals surface area contributed by atoms with Crippen LogP contribution in [0.1, 0.15) is 5.56 Å². The molecule has 124 valence electrons. The highest BCUT2D eigenvalue weighted by Crippen LogP contribution is 2.37. The van der Waals surface area contributed by atoms with E-state index in [0.717, 1.165) is 21.3 Å². The Bertz CT molecular complexity index is 1060. The lowest BCUT2D eigenvalue weighted by atomic mass is 10.0. The van der Waals surface area contributed by atoms with Gasteiger partial charge >= 0.3 is 0 Å².